The van der Waals surface area contributed by atoms with Crippen LogP contribution < -0.4 is 9.47 Å². The van der Waals surface area contributed by atoms with E-state index in [2.05, 4.69) is 15.1 Å². The minimum absolute atomic E-state index is 0.0205. The normalized spacial score (nSPS) is 14.9. The first-order chi connectivity index (χ1) is 16.2. The first-order valence-corrected chi connectivity index (χ1v) is 11.7. The number of hydrogen-bond donors (Lipinski definition) is 0. The van der Waals surface area contributed by atoms with E-state index >= 15 is 0 Å². The van der Waals surface area contributed by atoms with Gasteiger partial charge < -0.3 is 14.4 Å². The number of para-hydroxylation sites is 3. The molecule has 1 aliphatic heterocycles. The van der Waals surface area contributed by atoms with Crippen molar-refractivity contribution in [3.05, 3.63) is 67.1 Å². The molecule has 0 aliphatic carbocycles. The molecule has 4 aromatic rings. The molecule has 2 aromatic heterocycles. The number of rotatable bonds is 7. The van der Waals surface area contributed by atoms with Crippen LogP contribution in [0.2, 0.25) is 0 Å². The van der Waals surface area contributed by atoms with Gasteiger partial charge in [-0.25, -0.2) is 14.6 Å². The second-order valence-corrected chi connectivity index (χ2v) is 8.49. The summed E-state index contributed by atoms with van der Waals surface area (Å²) in [7, 11) is 0. The van der Waals surface area contributed by atoms with Crippen LogP contribution in [0, 0.1) is 0 Å². The average molecular weight is 462 g/mol. The maximum Gasteiger partial charge on any atom is 0.233 e. The quantitative estimate of drug-likeness (QED) is 0.307. The summed E-state index contributed by atoms with van der Waals surface area (Å²) in [5.74, 6) is 1.74. The Labute approximate surface area is 195 Å². The molecule has 0 bridgehead atoms. The highest BCUT2D eigenvalue weighted by Gasteiger charge is 2.25. The summed E-state index contributed by atoms with van der Waals surface area (Å²) < 4.78 is 13.6. The molecule has 0 fully saturated rings. The first-order valence-electron chi connectivity index (χ1n) is 10.8. The summed E-state index contributed by atoms with van der Waals surface area (Å²) in [6, 6.07) is 17.4. The second-order valence-electron chi connectivity index (χ2n) is 7.53. The van der Waals surface area contributed by atoms with Crippen molar-refractivity contribution < 1.29 is 14.3 Å². The van der Waals surface area contributed by atoms with Crippen LogP contribution in [0.1, 0.15) is 6.92 Å². The number of carbonyl (C=O) groups is 1. The number of amides is 1. The van der Waals surface area contributed by atoms with Crippen molar-refractivity contribution in [3.63, 3.8) is 0 Å². The van der Waals surface area contributed by atoms with Gasteiger partial charge in [0, 0.05) is 6.54 Å². The maximum atomic E-state index is 13.0. The lowest BCUT2D eigenvalue weighted by atomic mass is 10.2. The first kappa shape index (κ1) is 21.3. The van der Waals surface area contributed by atoms with Crippen LogP contribution in [0.5, 0.6) is 11.5 Å². The molecule has 1 atom stereocenters. The fraction of sp³-hybridized carbons (Fsp3) is 0.250. The fourth-order valence-electron chi connectivity index (χ4n) is 3.72. The molecule has 2 aromatic carbocycles. The molecule has 0 radical (unpaired) electrons. The highest BCUT2D eigenvalue weighted by Crippen LogP contribution is 2.31. The van der Waals surface area contributed by atoms with Gasteiger partial charge in [0.25, 0.3) is 0 Å². The Balaban J connectivity index is 1.25. The van der Waals surface area contributed by atoms with Crippen molar-refractivity contribution in [2.75, 3.05) is 25.4 Å². The van der Waals surface area contributed by atoms with Gasteiger partial charge in [0.2, 0.25) is 5.91 Å². The zero-order chi connectivity index (χ0) is 22.6. The SMILES string of the molecule is CCN(CC1COc2ccccc2O1)C(=O)CSc1ncnc2c1cnn2-c1ccccc1. The van der Waals surface area contributed by atoms with E-state index in [0.717, 1.165) is 21.8 Å². The Morgan fingerprint density at radius 1 is 1.12 bits per heavy atom. The highest BCUT2D eigenvalue weighted by atomic mass is 32.2. The van der Waals surface area contributed by atoms with Gasteiger partial charge in [0.1, 0.15) is 18.0 Å². The summed E-state index contributed by atoms with van der Waals surface area (Å²) >= 11 is 1.39. The highest BCUT2D eigenvalue weighted by molar-refractivity contribution is 8.00. The molecule has 8 nitrogen and oxygen atoms in total. The maximum absolute atomic E-state index is 13.0. The molecule has 33 heavy (non-hydrogen) atoms. The third-order valence-corrected chi connectivity index (χ3v) is 6.38. The molecule has 0 N–H and O–H groups in total. The van der Waals surface area contributed by atoms with E-state index < -0.39 is 0 Å². The molecule has 168 valence electrons. The molecule has 5 rings (SSSR count). The van der Waals surface area contributed by atoms with E-state index in [1.807, 2.05) is 61.5 Å². The lowest BCUT2D eigenvalue weighted by Crippen LogP contribution is -2.44. The Morgan fingerprint density at radius 2 is 1.91 bits per heavy atom. The van der Waals surface area contributed by atoms with E-state index in [9.17, 15) is 4.79 Å². The van der Waals surface area contributed by atoms with Crippen LogP contribution in [0.3, 0.4) is 0 Å². The van der Waals surface area contributed by atoms with Crippen molar-refractivity contribution in [1.82, 2.24) is 24.6 Å². The topological polar surface area (TPSA) is 82.4 Å². The van der Waals surface area contributed by atoms with Crippen molar-refractivity contribution in [1.29, 1.82) is 0 Å². The molecule has 0 spiro atoms. The number of thioether (sulfide) groups is 1. The second kappa shape index (κ2) is 9.50. The number of ether oxygens (including phenoxy) is 2. The zero-order valence-electron chi connectivity index (χ0n) is 18.1. The molecule has 1 unspecified atom stereocenters. The van der Waals surface area contributed by atoms with Crippen LogP contribution >= 0.6 is 11.8 Å². The van der Waals surface area contributed by atoms with E-state index in [-0.39, 0.29) is 17.8 Å². The van der Waals surface area contributed by atoms with E-state index in [1.54, 1.807) is 15.8 Å². The number of benzene rings is 2. The van der Waals surface area contributed by atoms with Crippen molar-refractivity contribution in [3.8, 4) is 17.2 Å². The lowest BCUT2D eigenvalue weighted by molar-refractivity contribution is -0.129. The number of hydrogen-bond acceptors (Lipinski definition) is 7. The van der Waals surface area contributed by atoms with Crippen molar-refractivity contribution in [2.24, 2.45) is 0 Å². The monoisotopic (exact) mass is 461 g/mol. The standard InChI is InChI=1S/C24H23N5O3S/c1-2-28(13-18-14-31-20-10-6-7-11-21(20)32-18)22(30)15-33-24-19-12-27-29(23(19)25-16-26-24)17-8-4-3-5-9-17/h3-12,16,18H,2,13-15H2,1H3. The van der Waals surface area contributed by atoms with Gasteiger partial charge in [-0.2, -0.15) is 5.10 Å². The third-order valence-electron chi connectivity index (χ3n) is 5.39. The molecular weight excluding hydrogens is 438 g/mol. The van der Waals surface area contributed by atoms with E-state index in [1.165, 1.54) is 18.1 Å². The molecule has 1 amide bonds. The fourth-order valence-corrected chi connectivity index (χ4v) is 4.59. The van der Waals surface area contributed by atoms with Crippen LogP contribution in [0.4, 0.5) is 0 Å². The summed E-state index contributed by atoms with van der Waals surface area (Å²) in [6.07, 6.45) is 3.05. The van der Waals surface area contributed by atoms with Crippen LogP contribution in [-0.2, 0) is 4.79 Å². The Morgan fingerprint density at radius 3 is 2.73 bits per heavy atom. The lowest BCUT2D eigenvalue weighted by Gasteiger charge is -2.30. The minimum atomic E-state index is -0.205. The minimum Gasteiger partial charge on any atom is -0.486 e. The number of carbonyl (C=O) groups excluding carboxylic acids is 1. The van der Waals surface area contributed by atoms with Gasteiger partial charge in [-0.3, -0.25) is 4.79 Å². The molecule has 0 saturated heterocycles. The number of nitrogens with zero attached hydrogens (tertiary/aromatic N) is 5. The van der Waals surface area contributed by atoms with Crippen LogP contribution in [0.15, 0.2) is 72.1 Å². The number of aromatic nitrogens is 4. The van der Waals surface area contributed by atoms with Gasteiger partial charge in [0.05, 0.1) is 29.6 Å². The largest absolute Gasteiger partial charge is 0.486 e. The van der Waals surface area contributed by atoms with Crippen LogP contribution in [-0.4, -0.2) is 62.1 Å². The smallest absolute Gasteiger partial charge is 0.233 e. The van der Waals surface area contributed by atoms with Gasteiger partial charge >= 0.3 is 0 Å². The predicted octanol–water partition coefficient (Wildman–Crippen LogP) is 3.60. The van der Waals surface area contributed by atoms with Gasteiger partial charge in [0.15, 0.2) is 23.3 Å². The zero-order valence-corrected chi connectivity index (χ0v) is 18.9. The van der Waals surface area contributed by atoms with Gasteiger partial charge in [-0.15, -0.1) is 0 Å². The molecule has 9 heteroatoms. The summed E-state index contributed by atoms with van der Waals surface area (Å²) in [6.45, 7) is 3.44. The van der Waals surface area contributed by atoms with Gasteiger partial charge in [-0.05, 0) is 31.2 Å². The average Bonchev–Trinajstić information content (AvgIpc) is 3.31. The number of likely N-dealkylation sites (N-methyl/N-ethyl adjacent to an activating group) is 1. The summed E-state index contributed by atoms with van der Waals surface area (Å²) in [5, 5.41) is 6.03. The Hall–Kier alpha value is -3.59. The number of fused-ring (bicyclic) bond motifs is 2. The van der Waals surface area contributed by atoms with Crippen molar-refractivity contribution in [2.45, 2.75) is 18.1 Å². The summed E-state index contributed by atoms with van der Waals surface area (Å²) in [4.78, 5) is 23.6. The van der Waals surface area contributed by atoms with E-state index in [4.69, 9.17) is 9.47 Å². The summed E-state index contributed by atoms with van der Waals surface area (Å²) in [5.41, 5.74) is 1.64. The molecule has 1 aliphatic rings. The van der Waals surface area contributed by atoms with Crippen molar-refractivity contribution >= 4 is 28.7 Å². The Bertz CT molecular complexity index is 1260. The van der Waals surface area contributed by atoms with Crippen LogP contribution in [0.25, 0.3) is 16.7 Å². The van der Waals surface area contributed by atoms with Gasteiger partial charge in [-0.1, -0.05) is 42.1 Å². The van der Waals surface area contributed by atoms with E-state index in [0.29, 0.717) is 31.1 Å². The molecule has 0 saturated carbocycles. The molecule has 3 heterocycles. The predicted molar refractivity (Wildman–Crippen MR) is 126 cm³/mol. The Kier molecular flexibility index (Phi) is 6.12. The molecular formula is C24H23N5O3S. The third kappa shape index (κ3) is 4.49.